The van der Waals surface area contributed by atoms with Crippen molar-refractivity contribution >= 4 is 22.8 Å². The topological polar surface area (TPSA) is 65.7 Å². The molecule has 6 nitrogen and oxygen atoms in total. The number of hydrogen-bond acceptors (Lipinski definition) is 6. The molecule has 27 heavy (non-hydrogen) atoms. The Balaban J connectivity index is 1.60. The molecule has 136 valence electrons. The maximum Gasteiger partial charge on any atom is 0.191 e. The van der Waals surface area contributed by atoms with Gasteiger partial charge in [0.15, 0.2) is 11.0 Å². The predicted octanol–water partition coefficient (Wildman–Crippen LogP) is 4.03. The van der Waals surface area contributed by atoms with Gasteiger partial charge in [-0.25, -0.2) is 9.97 Å². The summed E-state index contributed by atoms with van der Waals surface area (Å²) < 4.78 is 7.42. The molecule has 0 N–H and O–H groups in total. The summed E-state index contributed by atoms with van der Waals surface area (Å²) in [5.41, 5.74) is 4.64. The summed E-state index contributed by atoms with van der Waals surface area (Å²) in [4.78, 5) is 9.40. The van der Waals surface area contributed by atoms with Crippen molar-refractivity contribution < 1.29 is 4.74 Å². The number of aromatic nitrogens is 5. The number of rotatable bonds is 5. The van der Waals surface area contributed by atoms with E-state index < -0.39 is 0 Å². The van der Waals surface area contributed by atoms with Crippen LogP contribution in [0.3, 0.4) is 0 Å². The van der Waals surface area contributed by atoms with Crippen LogP contribution in [0.2, 0.25) is 0 Å². The molecule has 0 aliphatic heterocycles. The van der Waals surface area contributed by atoms with E-state index in [2.05, 4.69) is 15.2 Å². The quantitative estimate of drug-likeness (QED) is 0.489. The van der Waals surface area contributed by atoms with E-state index in [0.29, 0.717) is 5.75 Å². The van der Waals surface area contributed by atoms with E-state index in [1.54, 1.807) is 18.9 Å². The maximum absolute atomic E-state index is 5.44. The third kappa shape index (κ3) is 3.38. The zero-order valence-electron chi connectivity index (χ0n) is 15.4. The summed E-state index contributed by atoms with van der Waals surface area (Å²) >= 11 is 1.60. The standard InChI is InChI=1S/C20H19N5OS/c1-13-17(22-16-10-6-5-9-15(16)21-13)12-27-20-24-23-19(25(20)2)14-8-4-7-11-18(14)26-3/h4-11H,12H2,1-3H3. The molecule has 2 heterocycles. The minimum atomic E-state index is 0.682. The first kappa shape index (κ1) is 17.5. The lowest BCUT2D eigenvalue weighted by atomic mass is 10.2. The number of methoxy groups -OCH3 is 1. The summed E-state index contributed by atoms with van der Waals surface area (Å²) in [5, 5.41) is 9.53. The van der Waals surface area contributed by atoms with Gasteiger partial charge in [0.25, 0.3) is 0 Å². The lowest BCUT2D eigenvalue weighted by Crippen LogP contribution is -1.99. The van der Waals surface area contributed by atoms with E-state index in [1.165, 1.54) is 0 Å². The molecule has 2 aromatic heterocycles. The number of aryl methyl sites for hydroxylation is 1. The smallest absolute Gasteiger partial charge is 0.191 e. The van der Waals surface area contributed by atoms with Gasteiger partial charge in [-0.05, 0) is 31.2 Å². The van der Waals surface area contributed by atoms with Crippen LogP contribution in [0.15, 0.2) is 53.7 Å². The highest BCUT2D eigenvalue weighted by Gasteiger charge is 2.15. The molecule has 0 unspecified atom stereocenters. The Kier molecular flexibility index (Phi) is 4.77. The van der Waals surface area contributed by atoms with Crippen molar-refractivity contribution in [1.29, 1.82) is 0 Å². The first-order chi connectivity index (χ1) is 13.2. The SMILES string of the molecule is COc1ccccc1-c1nnc(SCc2nc3ccccc3nc2C)n1C. The fourth-order valence-electron chi connectivity index (χ4n) is 2.90. The second kappa shape index (κ2) is 7.36. The molecule has 4 rings (SSSR count). The molecule has 0 aliphatic carbocycles. The number of benzene rings is 2. The average molecular weight is 377 g/mol. The van der Waals surface area contributed by atoms with Crippen molar-refractivity contribution in [3.05, 3.63) is 59.9 Å². The Morgan fingerprint density at radius 3 is 2.44 bits per heavy atom. The van der Waals surface area contributed by atoms with Gasteiger partial charge in [0.2, 0.25) is 0 Å². The average Bonchev–Trinajstić information content (AvgIpc) is 3.06. The molecule has 7 heteroatoms. The van der Waals surface area contributed by atoms with Crippen molar-refractivity contribution in [1.82, 2.24) is 24.7 Å². The number of nitrogens with zero attached hydrogens (tertiary/aromatic N) is 5. The first-order valence-electron chi connectivity index (χ1n) is 8.55. The van der Waals surface area contributed by atoms with Gasteiger partial charge >= 0.3 is 0 Å². The Morgan fingerprint density at radius 2 is 1.67 bits per heavy atom. The van der Waals surface area contributed by atoms with Gasteiger partial charge in [-0.2, -0.15) is 0 Å². The van der Waals surface area contributed by atoms with Gasteiger partial charge in [0, 0.05) is 12.8 Å². The van der Waals surface area contributed by atoms with Crippen LogP contribution >= 0.6 is 11.8 Å². The molecule has 0 aliphatic rings. The number of thioether (sulfide) groups is 1. The van der Waals surface area contributed by atoms with Gasteiger partial charge in [0.05, 0.1) is 35.1 Å². The fraction of sp³-hybridized carbons (Fsp3) is 0.200. The van der Waals surface area contributed by atoms with Crippen LogP contribution in [0.25, 0.3) is 22.4 Å². The Labute approximate surface area is 161 Å². The van der Waals surface area contributed by atoms with E-state index in [1.807, 2.05) is 67.1 Å². The lowest BCUT2D eigenvalue weighted by molar-refractivity contribution is 0.416. The van der Waals surface area contributed by atoms with Crippen molar-refractivity contribution in [2.75, 3.05) is 7.11 Å². The summed E-state index contributed by atoms with van der Waals surface area (Å²) in [6.45, 7) is 1.99. The van der Waals surface area contributed by atoms with Crippen molar-refractivity contribution in [2.24, 2.45) is 7.05 Å². The summed E-state index contributed by atoms with van der Waals surface area (Å²) in [6, 6.07) is 15.7. The van der Waals surface area contributed by atoms with Crippen LogP contribution < -0.4 is 4.74 Å². The monoisotopic (exact) mass is 377 g/mol. The second-order valence-corrected chi connectivity index (χ2v) is 7.04. The maximum atomic E-state index is 5.44. The fourth-order valence-corrected chi connectivity index (χ4v) is 3.82. The van der Waals surface area contributed by atoms with Gasteiger partial charge in [-0.3, -0.25) is 0 Å². The molecular weight excluding hydrogens is 358 g/mol. The van der Waals surface area contributed by atoms with Gasteiger partial charge in [-0.15, -0.1) is 10.2 Å². The van der Waals surface area contributed by atoms with Crippen LogP contribution in [0.5, 0.6) is 5.75 Å². The highest BCUT2D eigenvalue weighted by Crippen LogP contribution is 2.31. The predicted molar refractivity (Wildman–Crippen MR) is 107 cm³/mol. The minimum absolute atomic E-state index is 0.682. The van der Waals surface area contributed by atoms with Gasteiger partial charge in [0.1, 0.15) is 5.75 Å². The van der Waals surface area contributed by atoms with E-state index in [4.69, 9.17) is 9.72 Å². The summed E-state index contributed by atoms with van der Waals surface area (Å²) in [5.74, 6) is 2.23. The number of fused-ring (bicyclic) bond motifs is 1. The van der Waals surface area contributed by atoms with Gasteiger partial charge in [-0.1, -0.05) is 36.0 Å². The van der Waals surface area contributed by atoms with E-state index in [0.717, 1.165) is 44.7 Å². The number of hydrogen-bond donors (Lipinski definition) is 0. The lowest BCUT2D eigenvalue weighted by Gasteiger charge is -2.08. The van der Waals surface area contributed by atoms with Crippen LogP contribution in [0.1, 0.15) is 11.4 Å². The van der Waals surface area contributed by atoms with Crippen LogP contribution in [0.4, 0.5) is 0 Å². The number of para-hydroxylation sites is 3. The molecule has 2 aromatic carbocycles. The summed E-state index contributed by atoms with van der Waals surface area (Å²) in [6.07, 6.45) is 0. The minimum Gasteiger partial charge on any atom is -0.496 e. The number of ether oxygens (including phenoxy) is 1. The van der Waals surface area contributed by atoms with E-state index in [9.17, 15) is 0 Å². The molecule has 0 bridgehead atoms. The highest BCUT2D eigenvalue weighted by atomic mass is 32.2. The normalized spacial score (nSPS) is 11.1. The zero-order valence-corrected chi connectivity index (χ0v) is 16.2. The zero-order chi connectivity index (χ0) is 18.8. The molecule has 0 atom stereocenters. The summed E-state index contributed by atoms with van der Waals surface area (Å²) in [7, 11) is 3.62. The van der Waals surface area contributed by atoms with E-state index >= 15 is 0 Å². The van der Waals surface area contributed by atoms with Crippen LogP contribution in [0, 0.1) is 6.92 Å². The highest BCUT2D eigenvalue weighted by molar-refractivity contribution is 7.98. The Bertz CT molecular complexity index is 1110. The largest absolute Gasteiger partial charge is 0.496 e. The molecule has 0 saturated carbocycles. The van der Waals surface area contributed by atoms with Gasteiger partial charge < -0.3 is 9.30 Å². The molecule has 4 aromatic rings. The molecular formula is C20H19N5OS. The molecule has 0 saturated heterocycles. The van der Waals surface area contributed by atoms with Crippen LogP contribution in [-0.4, -0.2) is 31.8 Å². The third-order valence-corrected chi connectivity index (χ3v) is 5.40. The second-order valence-electron chi connectivity index (χ2n) is 6.10. The third-order valence-electron chi connectivity index (χ3n) is 4.36. The molecule has 0 fully saturated rings. The Morgan fingerprint density at radius 1 is 0.963 bits per heavy atom. The van der Waals surface area contributed by atoms with Crippen LogP contribution in [-0.2, 0) is 12.8 Å². The Hall–Kier alpha value is -2.93. The van der Waals surface area contributed by atoms with Crippen molar-refractivity contribution in [2.45, 2.75) is 17.8 Å². The first-order valence-corrected chi connectivity index (χ1v) is 9.54. The van der Waals surface area contributed by atoms with Crippen molar-refractivity contribution in [3.8, 4) is 17.1 Å². The van der Waals surface area contributed by atoms with E-state index in [-0.39, 0.29) is 0 Å². The van der Waals surface area contributed by atoms with Crippen molar-refractivity contribution in [3.63, 3.8) is 0 Å². The molecule has 0 spiro atoms. The molecule has 0 amide bonds. The molecule has 0 radical (unpaired) electrons.